The molecule has 1 N–H and O–H groups in total. The van der Waals surface area contributed by atoms with Gasteiger partial charge < -0.3 is 10.1 Å². The number of halogens is 1. The molecule has 1 heterocycles. The number of ether oxygens (including phenoxy) is 1. The second-order valence-corrected chi connectivity index (χ2v) is 8.76. The summed E-state index contributed by atoms with van der Waals surface area (Å²) in [5.41, 5.74) is 1.16. The van der Waals surface area contributed by atoms with Crippen molar-refractivity contribution >= 4 is 46.7 Å². The van der Waals surface area contributed by atoms with Crippen LogP contribution in [0.4, 0.5) is 11.4 Å². The molecular weight excluding hydrogens is 432 g/mol. The van der Waals surface area contributed by atoms with E-state index in [1.165, 1.54) is 17.0 Å². The van der Waals surface area contributed by atoms with Crippen molar-refractivity contribution in [2.45, 2.75) is 26.2 Å². The van der Waals surface area contributed by atoms with Gasteiger partial charge in [0, 0.05) is 10.7 Å². The van der Waals surface area contributed by atoms with Gasteiger partial charge >= 0.3 is 5.97 Å². The Kier molecular flexibility index (Phi) is 6.28. The molecule has 1 aliphatic heterocycles. The van der Waals surface area contributed by atoms with E-state index in [1.807, 2.05) is 0 Å². The molecule has 0 unspecified atom stereocenters. The van der Waals surface area contributed by atoms with Gasteiger partial charge in [-0.15, -0.1) is 0 Å². The fraction of sp³-hybridized carbons (Fsp3) is 0.333. The normalized spacial score (nSPS) is 22.4. The van der Waals surface area contributed by atoms with Gasteiger partial charge in [0.25, 0.3) is 5.91 Å². The molecule has 1 saturated carbocycles. The summed E-state index contributed by atoms with van der Waals surface area (Å²) < 4.78 is 5.06. The molecule has 166 valence electrons. The highest BCUT2D eigenvalue weighted by molar-refractivity contribution is 6.30. The molecule has 2 aromatic carbocycles. The number of nitrogens with one attached hydrogen (secondary N) is 1. The van der Waals surface area contributed by atoms with Crippen LogP contribution in [-0.2, 0) is 19.1 Å². The molecule has 32 heavy (non-hydrogen) atoms. The third-order valence-electron chi connectivity index (χ3n) is 5.99. The molecule has 0 bridgehead atoms. The van der Waals surface area contributed by atoms with Crippen LogP contribution in [0.1, 0.15) is 36.5 Å². The third kappa shape index (κ3) is 4.53. The smallest absolute Gasteiger partial charge is 0.338 e. The Hall–Kier alpha value is -3.19. The zero-order valence-electron chi connectivity index (χ0n) is 17.5. The number of benzene rings is 2. The number of carbonyl (C=O) groups is 4. The maximum atomic E-state index is 12.8. The van der Waals surface area contributed by atoms with Crippen molar-refractivity contribution in [3.8, 4) is 0 Å². The quantitative estimate of drug-likeness (QED) is 0.543. The summed E-state index contributed by atoms with van der Waals surface area (Å²) in [5, 5.41) is 3.07. The summed E-state index contributed by atoms with van der Waals surface area (Å²) in [7, 11) is 0. The van der Waals surface area contributed by atoms with Gasteiger partial charge in [-0.05, 0) is 67.6 Å². The molecule has 2 fully saturated rings. The van der Waals surface area contributed by atoms with Crippen LogP contribution >= 0.6 is 11.6 Å². The zero-order chi connectivity index (χ0) is 22.8. The lowest BCUT2D eigenvalue weighted by Gasteiger charge is -2.25. The molecule has 3 amide bonds. The van der Waals surface area contributed by atoms with Crippen molar-refractivity contribution in [3.63, 3.8) is 0 Å². The van der Waals surface area contributed by atoms with Gasteiger partial charge in [0.15, 0.2) is 6.61 Å². The Morgan fingerprint density at radius 3 is 2.50 bits per heavy atom. The van der Waals surface area contributed by atoms with E-state index in [4.69, 9.17) is 16.3 Å². The number of rotatable bonds is 5. The first-order valence-corrected chi connectivity index (χ1v) is 10.9. The van der Waals surface area contributed by atoms with Crippen LogP contribution in [0.5, 0.6) is 0 Å². The fourth-order valence-electron chi connectivity index (χ4n) is 4.37. The van der Waals surface area contributed by atoms with Gasteiger partial charge in [-0.25, -0.2) is 4.79 Å². The highest BCUT2D eigenvalue weighted by Crippen LogP contribution is 2.42. The van der Waals surface area contributed by atoms with E-state index < -0.39 is 18.5 Å². The number of carbonyl (C=O) groups excluding carboxylic acids is 4. The predicted octanol–water partition coefficient (Wildman–Crippen LogP) is 4.06. The van der Waals surface area contributed by atoms with Crippen LogP contribution in [0.2, 0.25) is 5.02 Å². The molecule has 4 rings (SSSR count). The number of nitrogens with zero attached hydrogens (tertiary/aromatic N) is 1. The van der Waals surface area contributed by atoms with Crippen molar-refractivity contribution in [2.24, 2.45) is 17.8 Å². The molecule has 1 aliphatic carbocycles. The zero-order valence-corrected chi connectivity index (χ0v) is 18.3. The summed E-state index contributed by atoms with van der Waals surface area (Å²) >= 11 is 5.87. The standard InChI is InChI=1S/C24H23ClN2O5/c1-14-5-10-19-20(11-14)23(30)27(22(19)29)18-8-6-15(7-9-18)24(31)32-13-21(28)26-17-4-2-3-16(25)12-17/h2-4,6-9,12,14,19-20H,5,10-11,13H2,1H3,(H,26,28)/t14-,19-,20-/m1/s1. The molecule has 7 nitrogen and oxygen atoms in total. The van der Waals surface area contributed by atoms with Gasteiger partial charge in [-0.3, -0.25) is 19.3 Å². The van der Waals surface area contributed by atoms with Gasteiger partial charge in [0.05, 0.1) is 23.1 Å². The Bertz CT molecular complexity index is 1070. The fourth-order valence-corrected chi connectivity index (χ4v) is 4.56. The summed E-state index contributed by atoms with van der Waals surface area (Å²) in [6.45, 7) is 1.64. The van der Waals surface area contributed by atoms with Crippen molar-refractivity contribution in [3.05, 3.63) is 59.1 Å². The number of amides is 3. The first kappa shape index (κ1) is 22.0. The van der Waals surface area contributed by atoms with E-state index in [-0.39, 0.29) is 29.2 Å². The highest BCUT2D eigenvalue weighted by atomic mass is 35.5. The molecule has 0 spiro atoms. The average Bonchev–Trinajstić information content (AvgIpc) is 3.01. The number of hydrogen-bond acceptors (Lipinski definition) is 5. The maximum absolute atomic E-state index is 12.8. The second kappa shape index (κ2) is 9.12. The molecule has 2 aliphatic rings. The summed E-state index contributed by atoms with van der Waals surface area (Å²) in [6.07, 6.45) is 2.41. The lowest BCUT2D eigenvalue weighted by Crippen LogP contribution is -2.30. The van der Waals surface area contributed by atoms with Crippen LogP contribution < -0.4 is 10.2 Å². The number of imide groups is 1. The Balaban J connectivity index is 1.36. The summed E-state index contributed by atoms with van der Waals surface area (Å²) in [4.78, 5) is 51.1. The minimum atomic E-state index is -0.681. The first-order chi connectivity index (χ1) is 15.3. The van der Waals surface area contributed by atoms with Gasteiger partial charge in [0.1, 0.15) is 0 Å². The van der Waals surface area contributed by atoms with E-state index in [1.54, 1.807) is 36.4 Å². The topological polar surface area (TPSA) is 92.8 Å². The van der Waals surface area contributed by atoms with E-state index >= 15 is 0 Å². The molecule has 2 aromatic rings. The van der Waals surface area contributed by atoms with E-state index in [0.29, 0.717) is 22.3 Å². The van der Waals surface area contributed by atoms with Crippen molar-refractivity contribution in [1.82, 2.24) is 0 Å². The van der Waals surface area contributed by atoms with Crippen molar-refractivity contribution in [1.29, 1.82) is 0 Å². The minimum Gasteiger partial charge on any atom is -0.452 e. The summed E-state index contributed by atoms with van der Waals surface area (Å²) in [5.74, 6) is -1.59. The van der Waals surface area contributed by atoms with Crippen molar-refractivity contribution < 1.29 is 23.9 Å². The Labute approximate surface area is 190 Å². The number of anilines is 2. The van der Waals surface area contributed by atoms with Crippen LogP contribution in [0.25, 0.3) is 0 Å². The number of fused-ring (bicyclic) bond motifs is 1. The number of esters is 1. The predicted molar refractivity (Wildman–Crippen MR) is 119 cm³/mol. The van der Waals surface area contributed by atoms with Gasteiger partial charge in [-0.1, -0.05) is 24.6 Å². The Morgan fingerprint density at radius 2 is 1.78 bits per heavy atom. The van der Waals surface area contributed by atoms with E-state index in [2.05, 4.69) is 12.2 Å². The monoisotopic (exact) mass is 454 g/mol. The largest absolute Gasteiger partial charge is 0.452 e. The van der Waals surface area contributed by atoms with Gasteiger partial charge in [0.2, 0.25) is 11.8 Å². The number of hydrogen-bond donors (Lipinski definition) is 1. The van der Waals surface area contributed by atoms with Crippen LogP contribution in [0.3, 0.4) is 0 Å². The molecule has 0 aromatic heterocycles. The van der Waals surface area contributed by atoms with Gasteiger partial charge in [-0.2, -0.15) is 0 Å². The van der Waals surface area contributed by atoms with E-state index in [0.717, 1.165) is 19.3 Å². The van der Waals surface area contributed by atoms with Crippen molar-refractivity contribution in [2.75, 3.05) is 16.8 Å². The summed E-state index contributed by atoms with van der Waals surface area (Å²) in [6, 6.07) is 12.7. The van der Waals surface area contributed by atoms with Crippen LogP contribution in [-0.4, -0.2) is 30.3 Å². The Morgan fingerprint density at radius 1 is 1.06 bits per heavy atom. The highest BCUT2D eigenvalue weighted by Gasteiger charge is 2.49. The lowest BCUT2D eigenvalue weighted by atomic mass is 9.76. The first-order valence-electron chi connectivity index (χ1n) is 10.5. The van der Waals surface area contributed by atoms with E-state index in [9.17, 15) is 19.2 Å². The van der Waals surface area contributed by atoms with Crippen LogP contribution in [0, 0.1) is 17.8 Å². The maximum Gasteiger partial charge on any atom is 0.338 e. The lowest BCUT2D eigenvalue weighted by molar-refractivity contribution is -0.122. The minimum absolute atomic E-state index is 0.167. The molecule has 1 saturated heterocycles. The third-order valence-corrected chi connectivity index (χ3v) is 6.23. The average molecular weight is 455 g/mol. The molecule has 8 heteroatoms. The molecule has 3 atom stereocenters. The second-order valence-electron chi connectivity index (χ2n) is 8.32. The molecular formula is C24H23ClN2O5. The molecule has 0 radical (unpaired) electrons. The SMILES string of the molecule is C[C@@H]1CC[C@H]2C(=O)N(c3ccc(C(=O)OCC(=O)Nc4cccc(Cl)c4)cc3)C(=O)[C@@H]2C1. The van der Waals surface area contributed by atoms with Crippen LogP contribution in [0.15, 0.2) is 48.5 Å².